The number of methoxy groups -OCH3 is 2. The van der Waals surface area contributed by atoms with Crippen molar-refractivity contribution in [3.8, 4) is 11.5 Å². The summed E-state index contributed by atoms with van der Waals surface area (Å²) in [5.41, 5.74) is 1.06. The van der Waals surface area contributed by atoms with Gasteiger partial charge in [0.1, 0.15) is 11.5 Å². The number of rotatable bonds is 7. The Labute approximate surface area is 110 Å². The van der Waals surface area contributed by atoms with Crippen LogP contribution >= 0.6 is 15.9 Å². The highest BCUT2D eigenvalue weighted by molar-refractivity contribution is 9.10. The quantitative estimate of drug-likeness (QED) is 0.726. The van der Waals surface area contributed by atoms with Gasteiger partial charge >= 0.3 is 0 Å². The van der Waals surface area contributed by atoms with Gasteiger partial charge in [-0.3, -0.25) is 0 Å². The van der Waals surface area contributed by atoms with Crippen molar-refractivity contribution < 1.29 is 18.9 Å². The molecule has 0 aliphatic carbocycles. The summed E-state index contributed by atoms with van der Waals surface area (Å²) in [5, 5.41) is 0. The first-order valence-corrected chi connectivity index (χ1v) is 6.08. The van der Waals surface area contributed by atoms with Crippen molar-refractivity contribution in [1.82, 2.24) is 0 Å². The second kappa shape index (κ2) is 7.53. The lowest BCUT2D eigenvalue weighted by molar-refractivity contribution is 0.0473. The molecule has 0 aliphatic rings. The van der Waals surface area contributed by atoms with E-state index in [2.05, 4.69) is 22.9 Å². The standard InChI is InChI=1S/C12H17BrO4/c1-4-9-5-10(16-7-14-2)6-11(13)12(9)17-8-15-3/h5-6H,4,7-8H2,1-3H3. The fourth-order valence-electron chi connectivity index (χ4n) is 1.38. The summed E-state index contributed by atoms with van der Waals surface area (Å²) in [6.07, 6.45) is 0.849. The Morgan fingerprint density at radius 1 is 1.06 bits per heavy atom. The van der Waals surface area contributed by atoms with E-state index < -0.39 is 0 Å². The molecule has 96 valence electrons. The summed E-state index contributed by atoms with van der Waals surface area (Å²) in [6, 6.07) is 3.79. The molecule has 0 spiro atoms. The molecule has 0 amide bonds. The lowest BCUT2D eigenvalue weighted by atomic mass is 10.1. The summed E-state index contributed by atoms with van der Waals surface area (Å²) in [4.78, 5) is 0. The highest BCUT2D eigenvalue weighted by Gasteiger charge is 2.10. The van der Waals surface area contributed by atoms with Gasteiger partial charge in [-0.15, -0.1) is 0 Å². The molecule has 0 saturated heterocycles. The molecule has 1 aromatic rings. The van der Waals surface area contributed by atoms with Gasteiger partial charge < -0.3 is 18.9 Å². The van der Waals surface area contributed by atoms with Crippen LogP contribution in [0.25, 0.3) is 0 Å². The van der Waals surface area contributed by atoms with Gasteiger partial charge in [-0.25, -0.2) is 0 Å². The molecule has 0 aliphatic heterocycles. The zero-order valence-electron chi connectivity index (χ0n) is 10.3. The fraction of sp³-hybridized carbons (Fsp3) is 0.500. The monoisotopic (exact) mass is 304 g/mol. The van der Waals surface area contributed by atoms with Gasteiger partial charge in [0.15, 0.2) is 13.6 Å². The van der Waals surface area contributed by atoms with Crippen LogP contribution in [0.5, 0.6) is 11.5 Å². The molecule has 1 aromatic carbocycles. The number of halogens is 1. The van der Waals surface area contributed by atoms with Crippen molar-refractivity contribution in [2.24, 2.45) is 0 Å². The molecule has 0 saturated carbocycles. The Kier molecular flexibility index (Phi) is 6.32. The third-order valence-corrected chi connectivity index (χ3v) is 2.73. The molecule has 0 atom stereocenters. The molecule has 0 fully saturated rings. The molecule has 4 nitrogen and oxygen atoms in total. The third-order valence-electron chi connectivity index (χ3n) is 2.14. The highest BCUT2D eigenvalue weighted by atomic mass is 79.9. The minimum absolute atomic E-state index is 0.226. The summed E-state index contributed by atoms with van der Waals surface area (Å²) in [5.74, 6) is 1.54. The Bertz CT molecular complexity index is 355. The molecule has 0 aromatic heterocycles. The molecular formula is C12H17BrO4. The summed E-state index contributed by atoms with van der Waals surface area (Å²) in [7, 11) is 3.18. The van der Waals surface area contributed by atoms with E-state index in [0.29, 0.717) is 0 Å². The highest BCUT2D eigenvalue weighted by Crippen LogP contribution is 2.34. The Hall–Kier alpha value is -0.780. The minimum Gasteiger partial charge on any atom is -0.468 e. The number of hydrogen-bond acceptors (Lipinski definition) is 4. The SMILES string of the molecule is CCc1cc(OCOC)cc(Br)c1OCOC. The van der Waals surface area contributed by atoms with E-state index in [0.717, 1.165) is 28.0 Å². The van der Waals surface area contributed by atoms with Crippen LogP contribution in [0.15, 0.2) is 16.6 Å². The van der Waals surface area contributed by atoms with Crippen LogP contribution in [0.2, 0.25) is 0 Å². The second-order valence-electron chi connectivity index (χ2n) is 3.35. The van der Waals surface area contributed by atoms with Crippen LogP contribution in [-0.4, -0.2) is 27.8 Å². The van der Waals surface area contributed by atoms with Crippen molar-refractivity contribution in [1.29, 1.82) is 0 Å². The van der Waals surface area contributed by atoms with Gasteiger partial charge in [0.05, 0.1) is 4.47 Å². The Morgan fingerprint density at radius 2 is 1.71 bits per heavy atom. The zero-order chi connectivity index (χ0) is 12.7. The Balaban J connectivity index is 2.90. The molecule has 0 radical (unpaired) electrons. The topological polar surface area (TPSA) is 36.9 Å². The molecule has 1 rings (SSSR count). The van der Waals surface area contributed by atoms with Gasteiger partial charge in [0, 0.05) is 14.2 Å². The zero-order valence-corrected chi connectivity index (χ0v) is 11.9. The smallest absolute Gasteiger partial charge is 0.188 e. The summed E-state index contributed by atoms with van der Waals surface area (Å²) < 4.78 is 21.5. The number of benzene rings is 1. The lowest BCUT2D eigenvalue weighted by Gasteiger charge is -2.14. The minimum atomic E-state index is 0.226. The van der Waals surface area contributed by atoms with Crippen LogP contribution in [0.4, 0.5) is 0 Å². The van der Waals surface area contributed by atoms with E-state index in [4.69, 9.17) is 18.9 Å². The third kappa shape index (κ3) is 4.18. The van der Waals surface area contributed by atoms with E-state index in [1.165, 1.54) is 0 Å². The molecule has 0 bridgehead atoms. The average molecular weight is 305 g/mol. The first kappa shape index (κ1) is 14.3. The maximum Gasteiger partial charge on any atom is 0.188 e. The second-order valence-corrected chi connectivity index (χ2v) is 4.20. The number of aryl methyl sites for hydroxylation is 1. The molecule has 0 unspecified atom stereocenters. The molecule has 17 heavy (non-hydrogen) atoms. The van der Waals surface area contributed by atoms with Crippen LogP contribution in [0.3, 0.4) is 0 Å². The van der Waals surface area contributed by atoms with Gasteiger partial charge in [0.25, 0.3) is 0 Å². The van der Waals surface area contributed by atoms with E-state index in [1.807, 2.05) is 12.1 Å². The molecule has 5 heteroatoms. The maximum absolute atomic E-state index is 5.51. The van der Waals surface area contributed by atoms with Crippen molar-refractivity contribution in [3.63, 3.8) is 0 Å². The average Bonchev–Trinajstić information content (AvgIpc) is 2.34. The van der Waals surface area contributed by atoms with Gasteiger partial charge in [-0.05, 0) is 40.0 Å². The van der Waals surface area contributed by atoms with Crippen molar-refractivity contribution in [2.75, 3.05) is 27.8 Å². The van der Waals surface area contributed by atoms with E-state index in [-0.39, 0.29) is 13.6 Å². The van der Waals surface area contributed by atoms with Gasteiger partial charge in [-0.2, -0.15) is 0 Å². The molecule has 0 N–H and O–H groups in total. The maximum atomic E-state index is 5.51. The van der Waals surface area contributed by atoms with E-state index in [1.54, 1.807) is 14.2 Å². The number of ether oxygens (including phenoxy) is 4. The normalized spacial score (nSPS) is 10.4. The molecular weight excluding hydrogens is 288 g/mol. The first-order chi connectivity index (χ1) is 8.22. The van der Waals surface area contributed by atoms with Gasteiger partial charge in [0.2, 0.25) is 0 Å². The summed E-state index contributed by atoms with van der Waals surface area (Å²) in [6.45, 7) is 2.51. The Morgan fingerprint density at radius 3 is 2.29 bits per heavy atom. The predicted molar refractivity (Wildman–Crippen MR) is 68.5 cm³/mol. The van der Waals surface area contributed by atoms with Crippen LogP contribution < -0.4 is 9.47 Å². The van der Waals surface area contributed by atoms with E-state index >= 15 is 0 Å². The van der Waals surface area contributed by atoms with Crippen LogP contribution in [-0.2, 0) is 15.9 Å². The first-order valence-electron chi connectivity index (χ1n) is 5.28. The van der Waals surface area contributed by atoms with E-state index in [9.17, 15) is 0 Å². The fourth-order valence-corrected chi connectivity index (χ4v) is 1.97. The van der Waals surface area contributed by atoms with Crippen molar-refractivity contribution >= 4 is 15.9 Å². The largest absolute Gasteiger partial charge is 0.468 e. The van der Waals surface area contributed by atoms with Crippen molar-refractivity contribution in [3.05, 3.63) is 22.2 Å². The van der Waals surface area contributed by atoms with Crippen LogP contribution in [0.1, 0.15) is 12.5 Å². The van der Waals surface area contributed by atoms with Gasteiger partial charge in [-0.1, -0.05) is 6.92 Å². The summed E-state index contributed by atoms with van der Waals surface area (Å²) >= 11 is 3.46. The lowest BCUT2D eigenvalue weighted by Crippen LogP contribution is -2.04. The predicted octanol–water partition coefficient (Wildman–Crippen LogP) is 2.98. The number of hydrogen-bond donors (Lipinski definition) is 0. The van der Waals surface area contributed by atoms with Crippen LogP contribution in [0, 0.1) is 0 Å². The molecule has 0 heterocycles. The van der Waals surface area contributed by atoms with Crippen molar-refractivity contribution in [2.45, 2.75) is 13.3 Å².